The highest BCUT2D eigenvalue weighted by atomic mass is 16.3. The molecule has 0 unspecified atom stereocenters. The molecule has 0 aromatic carbocycles. The average Bonchev–Trinajstić information content (AvgIpc) is 2.58. The van der Waals surface area contributed by atoms with Gasteiger partial charge in [0.1, 0.15) is 5.65 Å². The van der Waals surface area contributed by atoms with E-state index in [1.54, 1.807) is 6.20 Å². The molecule has 0 atom stereocenters. The highest BCUT2D eigenvalue weighted by molar-refractivity contribution is 5.80. The zero-order valence-electron chi connectivity index (χ0n) is 8.27. The fourth-order valence-electron chi connectivity index (χ4n) is 1.73. The molecule has 0 aliphatic carbocycles. The van der Waals surface area contributed by atoms with E-state index < -0.39 is 0 Å². The predicted octanol–water partition coefficient (Wildman–Crippen LogP) is 1.94. The van der Waals surface area contributed by atoms with Crippen molar-refractivity contribution in [2.24, 2.45) is 0 Å². The van der Waals surface area contributed by atoms with Gasteiger partial charge < -0.3 is 9.67 Å². The first-order chi connectivity index (χ1) is 6.86. The predicted molar refractivity (Wildman–Crippen MR) is 55.9 cm³/mol. The average molecular weight is 190 g/mol. The SMILES string of the molecule is CCCn1cc(CO)c2cccnc21. The summed E-state index contributed by atoms with van der Waals surface area (Å²) in [6, 6.07) is 3.90. The molecule has 0 aliphatic rings. The zero-order chi connectivity index (χ0) is 9.97. The molecule has 14 heavy (non-hydrogen) atoms. The molecular formula is C11H14N2O. The number of aromatic nitrogens is 2. The van der Waals surface area contributed by atoms with Gasteiger partial charge in [0.15, 0.2) is 0 Å². The van der Waals surface area contributed by atoms with Crippen molar-refractivity contribution < 1.29 is 5.11 Å². The summed E-state index contributed by atoms with van der Waals surface area (Å²) in [4.78, 5) is 4.32. The highest BCUT2D eigenvalue weighted by Crippen LogP contribution is 2.19. The minimum atomic E-state index is 0.0822. The van der Waals surface area contributed by atoms with Gasteiger partial charge in [-0.05, 0) is 18.6 Å². The lowest BCUT2D eigenvalue weighted by Crippen LogP contribution is -1.95. The third-order valence-corrected chi connectivity index (χ3v) is 2.35. The van der Waals surface area contributed by atoms with Gasteiger partial charge in [-0.3, -0.25) is 0 Å². The van der Waals surface area contributed by atoms with Crippen molar-refractivity contribution in [2.45, 2.75) is 26.5 Å². The van der Waals surface area contributed by atoms with Crippen LogP contribution >= 0.6 is 0 Å². The van der Waals surface area contributed by atoms with E-state index >= 15 is 0 Å². The van der Waals surface area contributed by atoms with Gasteiger partial charge in [-0.25, -0.2) is 4.98 Å². The summed E-state index contributed by atoms with van der Waals surface area (Å²) in [7, 11) is 0. The molecule has 0 spiro atoms. The molecule has 0 radical (unpaired) electrons. The van der Waals surface area contributed by atoms with Crippen molar-refractivity contribution >= 4 is 11.0 Å². The summed E-state index contributed by atoms with van der Waals surface area (Å²) >= 11 is 0. The van der Waals surface area contributed by atoms with Crippen molar-refractivity contribution in [1.29, 1.82) is 0 Å². The number of fused-ring (bicyclic) bond motifs is 1. The van der Waals surface area contributed by atoms with Crippen LogP contribution in [0.15, 0.2) is 24.5 Å². The quantitative estimate of drug-likeness (QED) is 0.803. The largest absolute Gasteiger partial charge is 0.392 e. The van der Waals surface area contributed by atoms with E-state index in [1.807, 2.05) is 18.3 Å². The lowest BCUT2D eigenvalue weighted by atomic mass is 10.2. The first-order valence-corrected chi connectivity index (χ1v) is 4.90. The van der Waals surface area contributed by atoms with Gasteiger partial charge in [0, 0.05) is 29.9 Å². The topological polar surface area (TPSA) is 38.0 Å². The number of pyridine rings is 1. The lowest BCUT2D eigenvalue weighted by molar-refractivity contribution is 0.283. The molecule has 2 rings (SSSR count). The molecule has 1 N–H and O–H groups in total. The molecule has 0 bridgehead atoms. The Morgan fingerprint density at radius 1 is 1.50 bits per heavy atom. The second kappa shape index (κ2) is 3.80. The highest BCUT2D eigenvalue weighted by Gasteiger charge is 2.06. The second-order valence-electron chi connectivity index (χ2n) is 3.38. The number of aliphatic hydroxyl groups excluding tert-OH is 1. The van der Waals surface area contributed by atoms with Crippen LogP contribution in [0.2, 0.25) is 0 Å². The maximum absolute atomic E-state index is 9.18. The number of nitrogens with zero attached hydrogens (tertiary/aromatic N) is 2. The van der Waals surface area contributed by atoms with Crippen LogP contribution in [0.4, 0.5) is 0 Å². The van der Waals surface area contributed by atoms with Gasteiger partial charge in [0.25, 0.3) is 0 Å². The van der Waals surface area contributed by atoms with Crippen molar-refractivity contribution in [3.8, 4) is 0 Å². The van der Waals surface area contributed by atoms with Crippen LogP contribution < -0.4 is 0 Å². The molecule has 0 saturated heterocycles. The van der Waals surface area contributed by atoms with Gasteiger partial charge >= 0.3 is 0 Å². The Morgan fingerprint density at radius 3 is 3.07 bits per heavy atom. The second-order valence-corrected chi connectivity index (χ2v) is 3.38. The van der Waals surface area contributed by atoms with Crippen LogP contribution in [0.1, 0.15) is 18.9 Å². The summed E-state index contributed by atoms with van der Waals surface area (Å²) < 4.78 is 2.10. The Morgan fingerprint density at radius 2 is 2.36 bits per heavy atom. The molecule has 2 aromatic heterocycles. The fraction of sp³-hybridized carbons (Fsp3) is 0.364. The van der Waals surface area contributed by atoms with Crippen LogP contribution in [-0.2, 0) is 13.2 Å². The maximum atomic E-state index is 9.18. The van der Waals surface area contributed by atoms with Gasteiger partial charge in [0.05, 0.1) is 6.61 Å². The standard InChI is InChI=1S/C11H14N2O/c1-2-6-13-7-9(8-14)10-4-3-5-12-11(10)13/h3-5,7,14H,2,6,8H2,1H3. The molecule has 0 amide bonds. The van der Waals surface area contributed by atoms with Crippen LogP contribution in [-0.4, -0.2) is 14.7 Å². The molecule has 0 aliphatic heterocycles. The molecule has 2 heterocycles. The van der Waals surface area contributed by atoms with E-state index in [0.717, 1.165) is 29.6 Å². The van der Waals surface area contributed by atoms with E-state index in [2.05, 4.69) is 16.5 Å². The lowest BCUT2D eigenvalue weighted by Gasteiger charge is -1.99. The number of rotatable bonds is 3. The van der Waals surface area contributed by atoms with Gasteiger partial charge in [-0.15, -0.1) is 0 Å². The molecular weight excluding hydrogens is 176 g/mol. The van der Waals surface area contributed by atoms with Crippen LogP contribution in [0.3, 0.4) is 0 Å². The van der Waals surface area contributed by atoms with Crippen LogP contribution in [0.25, 0.3) is 11.0 Å². The van der Waals surface area contributed by atoms with Crippen molar-refractivity contribution in [2.75, 3.05) is 0 Å². The van der Waals surface area contributed by atoms with E-state index in [0.29, 0.717) is 0 Å². The first-order valence-electron chi connectivity index (χ1n) is 4.90. The molecule has 74 valence electrons. The van der Waals surface area contributed by atoms with Gasteiger partial charge in [-0.1, -0.05) is 6.92 Å². The van der Waals surface area contributed by atoms with E-state index in [-0.39, 0.29) is 6.61 Å². The van der Waals surface area contributed by atoms with Crippen molar-refractivity contribution in [3.63, 3.8) is 0 Å². The molecule has 0 fully saturated rings. The minimum absolute atomic E-state index is 0.0822. The van der Waals surface area contributed by atoms with E-state index in [1.165, 1.54) is 0 Å². The van der Waals surface area contributed by atoms with Crippen LogP contribution in [0.5, 0.6) is 0 Å². The Balaban J connectivity index is 2.61. The zero-order valence-corrected chi connectivity index (χ0v) is 8.27. The van der Waals surface area contributed by atoms with Gasteiger partial charge in [-0.2, -0.15) is 0 Å². The third kappa shape index (κ3) is 1.40. The third-order valence-electron chi connectivity index (χ3n) is 2.35. The molecule has 3 heteroatoms. The van der Waals surface area contributed by atoms with Crippen molar-refractivity contribution in [1.82, 2.24) is 9.55 Å². The number of hydrogen-bond acceptors (Lipinski definition) is 2. The molecule has 3 nitrogen and oxygen atoms in total. The summed E-state index contributed by atoms with van der Waals surface area (Å²) in [6.07, 6.45) is 4.85. The maximum Gasteiger partial charge on any atom is 0.140 e. The monoisotopic (exact) mass is 190 g/mol. The number of hydrogen-bond donors (Lipinski definition) is 1. The number of aryl methyl sites for hydroxylation is 1. The Bertz CT molecular complexity index is 434. The smallest absolute Gasteiger partial charge is 0.140 e. The Kier molecular flexibility index (Phi) is 2.50. The summed E-state index contributed by atoms with van der Waals surface area (Å²) in [5.74, 6) is 0. The number of aliphatic hydroxyl groups is 1. The fourth-order valence-corrected chi connectivity index (χ4v) is 1.73. The molecule has 0 saturated carbocycles. The molecule has 2 aromatic rings. The first kappa shape index (κ1) is 9.21. The van der Waals surface area contributed by atoms with E-state index in [4.69, 9.17) is 0 Å². The summed E-state index contributed by atoms with van der Waals surface area (Å²) in [5, 5.41) is 10.2. The normalized spacial score (nSPS) is 11.0. The van der Waals surface area contributed by atoms with Gasteiger partial charge in [0.2, 0.25) is 0 Å². The van der Waals surface area contributed by atoms with Crippen molar-refractivity contribution in [3.05, 3.63) is 30.1 Å². The minimum Gasteiger partial charge on any atom is -0.392 e. The summed E-state index contributed by atoms with van der Waals surface area (Å²) in [5.41, 5.74) is 1.93. The summed E-state index contributed by atoms with van der Waals surface area (Å²) in [6.45, 7) is 3.17. The van der Waals surface area contributed by atoms with E-state index in [9.17, 15) is 5.11 Å². The Hall–Kier alpha value is -1.35. The Labute approximate surface area is 83.0 Å². The van der Waals surface area contributed by atoms with Crippen LogP contribution in [0, 0.1) is 0 Å².